The number of ether oxygens (including phenoxy) is 2. The summed E-state index contributed by atoms with van der Waals surface area (Å²) in [4.78, 5) is 5.29. The van der Waals surface area contributed by atoms with E-state index in [1.54, 1.807) is 5.57 Å². The minimum absolute atomic E-state index is 0.132. The summed E-state index contributed by atoms with van der Waals surface area (Å²) in [5, 5.41) is 3.62. The Balaban J connectivity index is 1.48. The lowest BCUT2D eigenvalue weighted by atomic mass is 9.75. The van der Waals surface area contributed by atoms with Gasteiger partial charge in [-0.1, -0.05) is 36.0 Å². The van der Waals surface area contributed by atoms with Gasteiger partial charge >= 0.3 is 0 Å². The Morgan fingerprint density at radius 1 is 1.00 bits per heavy atom. The minimum Gasteiger partial charge on any atom is -0.346 e. The number of hydrogen-bond donors (Lipinski definition) is 1. The molecule has 0 aromatic carbocycles. The Hall–Kier alpha value is -1.75. The second-order valence-electron chi connectivity index (χ2n) is 8.37. The summed E-state index contributed by atoms with van der Waals surface area (Å²) in [5.41, 5.74) is 8.39. The molecule has 2 atom stereocenters. The molecule has 0 radical (unpaired) electrons. The Bertz CT molecular complexity index is 822. The van der Waals surface area contributed by atoms with E-state index < -0.39 is 0 Å². The van der Waals surface area contributed by atoms with Crippen LogP contribution in [0, 0.1) is 5.92 Å². The fourth-order valence-electron chi connectivity index (χ4n) is 5.05. The first kappa shape index (κ1) is 18.3. The van der Waals surface area contributed by atoms with Crippen LogP contribution in [0.25, 0.3) is 0 Å². The van der Waals surface area contributed by atoms with Gasteiger partial charge in [0.2, 0.25) is 0 Å². The smallest absolute Gasteiger partial charge is 0.180 e. The van der Waals surface area contributed by atoms with Crippen molar-refractivity contribution in [2.45, 2.75) is 57.8 Å². The highest BCUT2D eigenvalue weighted by Gasteiger charge is 2.33. The van der Waals surface area contributed by atoms with E-state index in [0.29, 0.717) is 25.2 Å². The maximum Gasteiger partial charge on any atom is 0.180 e. The predicted octanol–water partition coefficient (Wildman–Crippen LogP) is 4.38. The third-order valence-corrected chi connectivity index (χ3v) is 6.64. The van der Waals surface area contributed by atoms with Crippen LogP contribution in [0.2, 0.25) is 0 Å². The first-order chi connectivity index (χ1) is 13.8. The van der Waals surface area contributed by atoms with Crippen LogP contribution in [0.5, 0.6) is 0 Å². The Morgan fingerprint density at radius 3 is 2.64 bits per heavy atom. The topological polar surface area (TPSA) is 42.8 Å². The maximum absolute atomic E-state index is 5.69. The minimum atomic E-state index is -0.132. The average Bonchev–Trinajstić information content (AvgIpc) is 3.29. The van der Waals surface area contributed by atoms with Gasteiger partial charge in [0, 0.05) is 30.6 Å². The van der Waals surface area contributed by atoms with Crippen LogP contribution in [0.4, 0.5) is 0 Å². The van der Waals surface area contributed by atoms with Gasteiger partial charge in [-0.25, -0.2) is 0 Å². The molecule has 2 aliphatic carbocycles. The van der Waals surface area contributed by atoms with Crippen LogP contribution in [-0.2, 0) is 9.47 Å². The van der Waals surface area contributed by atoms with Crippen LogP contribution in [0.3, 0.4) is 0 Å². The zero-order valence-electron chi connectivity index (χ0n) is 16.7. The zero-order valence-corrected chi connectivity index (χ0v) is 16.7. The molecule has 5 rings (SSSR count). The Labute approximate surface area is 167 Å². The molecule has 3 heterocycles. The Kier molecular flexibility index (Phi) is 5.19. The second-order valence-corrected chi connectivity index (χ2v) is 8.37. The molecular weight excluding hydrogens is 348 g/mol. The van der Waals surface area contributed by atoms with Gasteiger partial charge in [0.05, 0.1) is 18.9 Å². The molecule has 0 bridgehead atoms. The molecule has 4 nitrogen and oxygen atoms in total. The van der Waals surface area contributed by atoms with E-state index in [9.17, 15) is 0 Å². The molecule has 1 N–H and O–H groups in total. The van der Waals surface area contributed by atoms with Gasteiger partial charge in [-0.05, 0) is 55.7 Å². The third-order valence-electron chi connectivity index (χ3n) is 6.64. The fraction of sp³-hybridized carbons (Fsp3) is 0.542. The first-order valence-electron chi connectivity index (χ1n) is 10.8. The van der Waals surface area contributed by atoms with Crippen molar-refractivity contribution in [3.05, 3.63) is 58.4 Å². The van der Waals surface area contributed by atoms with Gasteiger partial charge in [0.15, 0.2) is 6.29 Å². The molecule has 1 fully saturated rings. The monoisotopic (exact) mass is 378 g/mol. The first-order valence-corrected chi connectivity index (χ1v) is 10.8. The maximum atomic E-state index is 5.69. The van der Waals surface area contributed by atoms with E-state index in [-0.39, 0.29) is 6.29 Å². The van der Waals surface area contributed by atoms with E-state index >= 15 is 0 Å². The molecule has 3 aliphatic heterocycles. The fourth-order valence-corrected chi connectivity index (χ4v) is 5.05. The largest absolute Gasteiger partial charge is 0.346 e. The van der Waals surface area contributed by atoms with Crippen molar-refractivity contribution in [3.8, 4) is 0 Å². The number of nitrogens with one attached hydrogen (secondary N) is 1. The number of rotatable bonds is 3. The van der Waals surface area contributed by atoms with Gasteiger partial charge in [0.1, 0.15) is 0 Å². The molecule has 0 aromatic rings. The van der Waals surface area contributed by atoms with Crippen molar-refractivity contribution in [3.63, 3.8) is 0 Å². The molecule has 0 amide bonds. The molecule has 0 aromatic heterocycles. The van der Waals surface area contributed by atoms with Crippen LogP contribution in [0.1, 0.15) is 45.4 Å². The molecule has 2 unspecified atom stereocenters. The standard InChI is InChI=1S/C24H30N2O2/c1-16-20-15-21(17-5-3-2-4-6-17)23(26-22(20)11-12-25-16)18-7-9-19(10-8-18)24-27-13-14-28-24/h2-3,5,7,9,16,21,24-25H,4,6,8,10-15H2,1H3. The number of aliphatic imine (C=N–C) groups is 1. The van der Waals surface area contributed by atoms with Crippen LogP contribution in [-0.4, -0.2) is 37.8 Å². The lowest BCUT2D eigenvalue weighted by Crippen LogP contribution is -2.38. The average molecular weight is 379 g/mol. The lowest BCUT2D eigenvalue weighted by molar-refractivity contribution is -0.0135. The number of allylic oxidation sites excluding steroid dienone is 7. The van der Waals surface area contributed by atoms with Crippen LogP contribution in [0.15, 0.2) is 63.4 Å². The van der Waals surface area contributed by atoms with Crippen molar-refractivity contribution < 1.29 is 9.47 Å². The summed E-state index contributed by atoms with van der Waals surface area (Å²) in [5.74, 6) is 0.422. The molecule has 4 heteroatoms. The summed E-state index contributed by atoms with van der Waals surface area (Å²) >= 11 is 0. The van der Waals surface area contributed by atoms with Crippen molar-refractivity contribution in [2.24, 2.45) is 10.9 Å². The zero-order chi connectivity index (χ0) is 18.9. The van der Waals surface area contributed by atoms with Gasteiger partial charge in [-0.2, -0.15) is 0 Å². The highest BCUT2D eigenvalue weighted by Crippen LogP contribution is 2.40. The van der Waals surface area contributed by atoms with Gasteiger partial charge < -0.3 is 14.8 Å². The van der Waals surface area contributed by atoms with Gasteiger partial charge in [0.25, 0.3) is 0 Å². The molecule has 1 saturated heterocycles. The number of hydrogen-bond acceptors (Lipinski definition) is 4. The van der Waals surface area contributed by atoms with Gasteiger partial charge in [-0.15, -0.1) is 0 Å². The summed E-state index contributed by atoms with van der Waals surface area (Å²) in [6.45, 7) is 4.74. The molecule has 5 aliphatic rings. The highest BCUT2D eigenvalue weighted by molar-refractivity contribution is 6.05. The van der Waals surface area contributed by atoms with Crippen LogP contribution < -0.4 is 5.32 Å². The van der Waals surface area contributed by atoms with Crippen LogP contribution >= 0.6 is 0 Å². The predicted molar refractivity (Wildman–Crippen MR) is 112 cm³/mol. The summed E-state index contributed by atoms with van der Waals surface area (Å²) < 4.78 is 11.4. The molecule has 148 valence electrons. The van der Waals surface area contributed by atoms with E-state index in [4.69, 9.17) is 14.5 Å². The molecule has 0 saturated carbocycles. The van der Waals surface area contributed by atoms with Crippen molar-refractivity contribution in [2.75, 3.05) is 19.8 Å². The summed E-state index contributed by atoms with van der Waals surface area (Å²) in [7, 11) is 0. The van der Waals surface area contributed by atoms with E-state index in [2.05, 4.69) is 42.6 Å². The third kappa shape index (κ3) is 3.49. The molecular formula is C24H30N2O2. The molecule has 0 spiro atoms. The van der Waals surface area contributed by atoms with E-state index in [1.165, 1.54) is 28.1 Å². The summed E-state index contributed by atoms with van der Waals surface area (Å²) in [6, 6.07) is 0.444. The second kappa shape index (κ2) is 7.94. The quantitative estimate of drug-likeness (QED) is 0.793. The van der Waals surface area contributed by atoms with Crippen molar-refractivity contribution in [1.82, 2.24) is 5.32 Å². The van der Waals surface area contributed by atoms with E-state index in [0.717, 1.165) is 45.1 Å². The Morgan fingerprint density at radius 2 is 1.89 bits per heavy atom. The number of nitrogens with zero attached hydrogens (tertiary/aromatic N) is 1. The van der Waals surface area contributed by atoms with Gasteiger partial charge in [-0.3, -0.25) is 4.99 Å². The van der Waals surface area contributed by atoms with Crippen molar-refractivity contribution >= 4 is 5.71 Å². The lowest BCUT2D eigenvalue weighted by Gasteiger charge is -2.36. The molecule has 28 heavy (non-hydrogen) atoms. The van der Waals surface area contributed by atoms with E-state index in [1.807, 2.05) is 0 Å². The SMILES string of the molecule is CC1NCCC2=C1CC(C1=CC=CCC1)C(C1=CC=C(C3OCCO3)CC1)=N2. The highest BCUT2D eigenvalue weighted by atomic mass is 16.7. The van der Waals surface area contributed by atoms with Crippen molar-refractivity contribution in [1.29, 1.82) is 0 Å². The normalized spacial score (nSPS) is 31.2. The summed E-state index contributed by atoms with van der Waals surface area (Å²) in [6.07, 6.45) is 17.7.